The quantitative estimate of drug-likeness (QED) is 0.155. The highest BCUT2D eigenvalue weighted by Crippen LogP contribution is 2.33. The number of benzene rings is 3. The van der Waals surface area contributed by atoms with E-state index in [2.05, 4.69) is 45.5 Å². The van der Waals surface area contributed by atoms with Gasteiger partial charge >= 0.3 is 5.97 Å². The maximum absolute atomic E-state index is 13.2. The maximum Gasteiger partial charge on any atom is 0.307 e. The Morgan fingerprint density at radius 1 is 1.00 bits per heavy atom. The highest BCUT2D eigenvalue weighted by molar-refractivity contribution is 5.87. The van der Waals surface area contributed by atoms with Crippen LogP contribution in [0.15, 0.2) is 83.7 Å². The van der Waals surface area contributed by atoms with Gasteiger partial charge in [-0.15, -0.1) is 0 Å². The van der Waals surface area contributed by atoms with E-state index in [4.69, 9.17) is 4.74 Å². The Morgan fingerprint density at radius 2 is 1.79 bits per heavy atom. The summed E-state index contributed by atoms with van der Waals surface area (Å²) < 4.78 is 6.06. The predicted octanol–water partition coefficient (Wildman–Crippen LogP) is 4.26. The molecule has 1 aromatic heterocycles. The minimum atomic E-state index is -0.815. The van der Waals surface area contributed by atoms with Crippen molar-refractivity contribution in [1.82, 2.24) is 15.2 Å². The number of aromatic nitrogens is 1. The largest absolute Gasteiger partial charge is 0.506 e. The van der Waals surface area contributed by atoms with Crippen molar-refractivity contribution in [1.29, 1.82) is 0 Å². The minimum absolute atomic E-state index is 0.000961. The van der Waals surface area contributed by atoms with Crippen LogP contribution in [0.5, 0.6) is 5.75 Å². The second-order valence-corrected chi connectivity index (χ2v) is 11.8. The van der Waals surface area contributed by atoms with Crippen molar-refractivity contribution in [2.75, 3.05) is 32.7 Å². The number of aromatic hydroxyl groups is 1. The third-order valence-electron chi connectivity index (χ3n) is 9.00. The topological polar surface area (TPSA) is 115 Å². The lowest BCUT2D eigenvalue weighted by molar-refractivity contribution is -0.159. The first kappa shape index (κ1) is 29.1. The van der Waals surface area contributed by atoms with Gasteiger partial charge in [0.15, 0.2) is 0 Å². The average molecular weight is 582 g/mol. The number of rotatable bonds is 11. The Labute approximate surface area is 251 Å². The lowest BCUT2D eigenvalue weighted by atomic mass is 9.85. The first-order chi connectivity index (χ1) is 20.9. The molecule has 1 unspecified atom stereocenters. The van der Waals surface area contributed by atoms with Crippen molar-refractivity contribution in [3.8, 4) is 5.75 Å². The van der Waals surface area contributed by atoms with Crippen molar-refractivity contribution in [2.24, 2.45) is 5.92 Å². The number of carbonyl (C=O) groups excluding carboxylic acids is 1. The van der Waals surface area contributed by atoms with Gasteiger partial charge in [0.2, 0.25) is 5.56 Å². The van der Waals surface area contributed by atoms with Crippen LogP contribution in [-0.4, -0.2) is 64.9 Å². The van der Waals surface area contributed by atoms with E-state index < -0.39 is 6.10 Å². The second-order valence-electron chi connectivity index (χ2n) is 11.8. The molecular weight excluding hydrogens is 542 g/mol. The number of aliphatic hydroxyl groups excluding tert-OH is 1. The number of ether oxygens (including phenoxy) is 1. The van der Waals surface area contributed by atoms with Crippen molar-refractivity contribution >= 4 is 16.9 Å². The molecule has 43 heavy (non-hydrogen) atoms. The van der Waals surface area contributed by atoms with E-state index in [0.717, 1.165) is 55.6 Å². The molecule has 3 aliphatic heterocycles. The zero-order valence-corrected chi connectivity index (χ0v) is 24.2. The molecule has 3 aromatic carbocycles. The third-order valence-corrected chi connectivity index (χ3v) is 9.00. The summed E-state index contributed by atoms with van der Waals surface area (Å²) in [6.07, 6.45) is 2.45. The molecule has 8 nitrogen and oxygen atoms in total. The van der Waals surface area contributed by atoms with E-state index in [1.165, 1.54) is 12.1 Å². The zero-order valence-electron chi connectivity index (χ0n) is 24.2. The molecular formula is C35H39N3O5. The molecule has 4 N–H and O–H groups in total. The number of carbonyl (C=O) groups is 1. The fourth-order valence-electron chi connectivity index (χ4n) is 6.64. The molecule has 0 saturated carbocycles. The van der Waals surface area contributed by atoms with Gasteiger partial charge in [0, 0.05) is 30.5 Å². The molecule has 3 atom stereocenters. The van der Waals surface area contributed by atoms with E-state index in [1.807, 2.05) is 24.3 Å². The summed E-state index contributed by atoms with van der Waals surface area (Å²) in [7, 11) is 0. The number of nitrogens with one attached hydrogen (secondary N) is 2. The standard InChI is InChI=1S/C35H39N3O5/c39-30-11-9-27(28-10-12-33(41)37-35(28)30)31(40)21-36-16-13-23-5-4-8-26(19-23)29(24-6-2-1-3-7-24)20-34(42)43-32-22-38-17-14-25(32)15-18-38/h1-12,19,25,29,31-32,36,39-40H,13-18,20-22H2,(H,37,41)/t29?,31-,32-/m0/s1. The predicted molar refractivity (Wildman–Crippen MR) is 166 cm³/mol. The Kier molecular flexibility index (Phi) is 8.88. The number of phenols is 1. The number of hydrogen-bond donors (Lipinski definition) is 4. The van der Waals surface area contributed by atoms with E-state index in [-0.39, 0.29) is 29.3 Å². The zero-order chi connectivity index (χ0) is 29.8. The van der Waals surface area contributed by atoms with Crippen LogP contribution in [0.3, 0.4) is 0 Å². The number of aliphatic hydroxyl groups is 1. The molecule has 4 aromatic rings. The van der Waals surface area contributed by atoms with Gasteiger partial charge in [-0.1, -0.05) is 60.7 Å². The van der Waals surface area contributed by atoms with Crippen LogP contribution < -0.4 is 10.9 Å². The average Bonchev–Trinajstić information content (AvgIpc) is 3.03. The number of pyridine rings is 1. The van der Waals surface area contributed by atoms with Gasteiger partial charge < -0.3 is 25.3 Å². The van der Waals surface area contributed by atoms with Gasteiger partial charge in [-0.3, -0.25) is 14.5 Å². The van der Waals surface area contributed by atoms with Gasteiger partial charge in [0.25, 0.3) is 0 Å². The Morgan fingerprint density at radius 3 is 2.56 bits per heavy atom. The number of nitrogens with zero attached hydrogens (tertiary/aromatic N) is 1. The summed E-state index contributed by atoms with van der Waals surface area (Å²) in [6, 6.07) is 24.7. The Bertz CT molecular complexity index is 1610. The van der Waals surface area contributed by atoms with Crippen molar-refractivity contribution in [3.63, 3.8) is 0 Å². The second kappa shape index (κ2) is 13.1. The van der Waals surface area contributed by atoms with Crippen molar-refractivity contribution in [2.45, 2.75) is 43.8 Å². The van der Waals surface area contributed by atoms with Gasteiger partial charge in [-0.25, -0.2) is 0 Å². The van der Waals surface area contributed by atoms with E-state index >= 15 is 0 Å². The summed E-state index contributed by atoms with van der Waals surface area (Å²) in [5.74, 6) is 0.214. The highest BCUT2D eigenvalue weighted by atomic mass is 16.5. The molecule has 224 valence electrons. The van der Waals surface area contributed by atoms with E-state index in [1.54, 1.807) is 12.1 Å². The lowest BCUT2D eigenvalue weighted by Gasteiger charge is -2.44. The molecule has 3 aliphatic rings. The van der Waals surface area contributed by atoms with Crippen LogP contribution in [-0.2, 0) is 16.0 Å². The fourth-order valence-corrected chi connectivity index (χ4v) is 6.64. The summed E-state index contributed by atoms with van der Waals surface area (Å²) >= 11 is 0. The number of phenolic OH excluding ortho intramolecular Hbond substituents is 1. The molecule has 4 heterocycles. The summed E-state index contributed by atoms with van der Waals surface area (Å²) in [4.78, 5) is 30.0. The van der Waals surface area contributed by atoms with Crippen LogP contribution in [0.2, 0.25) is 0 Å². The van der Waals surface area contributed by atoms with Gasteiger partial charge in [0.1, 0.15) is 11.9 Å². The van der Waals surface area contributed by atoms with Crippen LogP contribution >= 0.6 is 0 Å². The summed E-state index contributed by atoms with van der Waals surface area (Å²) in [5, 5.41) is 24.9. The number of aromatic amines is 1. The van der Waals surface area contributed by atoms with E-state index in [0.29, 0.717) is 41.9 Å². The van der Waals surface area contributed by atoms with Gasteiger partial charge in [-0.2, -0.15) is 0 Å². The van der Waals surface area contributed by atoms with Crippen LogP contribution in [0.4, 0.5) is 0 Å². The van der Waals surface area contributed by atoms with Crippen LogP contribution in [0, 0.1) is 5.92 Å². The number of hydrogen-bond acceptors (Lipinski definition) is 7. The van der Waals surface area contributed by atoms with Gasteiger partial charge in [0.05, 0.1) is 18.0 Å². The summed E-state index contributed by atoms with van der Waals surface area (Å²) in [5.41, 5.74) is 3.96. The molecule has 7 rings (SSSR count). The monoisotopic (exact) mass is 581 g/mol. The molecule has 0 radical (unpaired) electrons. The minimum Gasteiger partial charge on any atom is -0.506 e. The number of piperidine rings is 3. The number of H-pyrrole nitrogens is 1. The normalized spacial score (nSPS) is 21.0. The van der Waals surface area contributed by atoms with E-state index in [9.17, 15) is 19.8 Å². The molecule has 2 bridgehead atoms. The molecule has 0 amide bonds. The van der Waals surface area contributed by atoms with Crippen LogP contribution in [0.1, 0.15) is 53.5 Å². The van der Waals surface area contributed by atoms with Crippen molar-refractivity contribution in [3.05, 3.63) is 111 Å². The number of fused-ring (bicyclic) bond motifs is 4. The SMILES string of the molecule is O=C(CC(c1ccccc1)c1cccc(CCNC[C@H](O)c2ccc(O)c3[nH]c(=O)ccc23)c1)O[C@H]1CN2CCC1CC2. The molecule has 0 spiro atoms. The van der Waals surface area contributed by atoms with Gasteiger partial charge in [-0.05, 0) is 79.2 Å². The molecule has 0 aliphatic carbocycles. The molecule has 3 fully saturated rings. The molecule has 8 heteroatoms. The first-order valence-electron chi connectivity index (χ1n) is 15.2. The summed E-state index contributed by atoms with van der Waals surface area (Å²) in [6.45, 7) is 4.04. The molecule has 3 saturated heterocycles. The first-order valence-corrected chi connectivity index (χ1v) is 15.2. The lowest BCUT2D eigenvalue weighted by Crippen LogP contribution is -2.52. The fraction of sp³-hybridized carbons (Fsp3) is 0.371. The Hall–Kier alpha value is -3.98. The Balaban J connectivity index is 1.09. The number of esters is 1. The highest BCUT2D eigenvalue weighted by Gasteiger charge is 2.36. The van der Waals surface area contributed by atoms with Crippen molar-refractivity contribution < 1.29 is 19.7 Å². The maximum atomic E-state index is 13.2. The smallest absolute Gasteiger partial charge is 0.307 e. The van der Waals surface area contributed by atoms with Crippen LogP contribution in [0.25, 0.3) is 10.9 Å². The third kappa shape index (κ3) is 6.82.